The van der Waals surface area contributed by atoms with Crippen molar-refractivity contribution in [3.8, 4) is 0 Å². The van der Waals surface area contributed by atoms with Gasteiger partial charge in [-0.15, -0.1) is 0 Å². The van der Waals surface area contributed by atoms with Gasteiger partial charge in [-0.1, -0.05) is 43.7 Å². The van der Waals surface area contributed by atoms with E-state index in [9.17, 15) is 4.79 Å². The Morgan fingerprint density at radius 1 is 1.37 bits per heavy atom. The summed E-state index contributed by atoms with van der Waals surface area (Å²) < 4.78 is 0. The molecule has 3 heteroatoms. The monoisotopic (exact) mass is 260 g/mol. The first-order valence-electron chi connectivity index (χ1n) is 7.31. The quantitative estimate of drug-likeness (QED) is 0.855. The van der Waals surface area contributed by atoms with Gasteiger partial charge in [-0.2, -0.15) is 0 Å². The molecular formula is C16H24N2O. The third kappa shape index (κ3) is 3.35. The van der Waals surface area contributed by atoms with E-state index in [0.717, 1.165) is 25.7 Å². The fraction of sp³-hybridized carbons (Fsp3) is 0.562. The fourth-order valence-electron chi connectivity index (χ4n) is 3.05. The van der Waals surface area contributed by atoms with Crippen molar-refractivity contribution in [2.24, 2.45) is 17.6 Å². The summed E-state index contributed by atoms with van der Waals surface area (Å²) in [7, 11) is 0. The number of carbonyl (C=O) groups excluding carboxylic acids is 1. The maximum absolute atomic E-state index is 12.4. The Balaban J connectivity index is 2.00. The van der Waals surface area contributed by atoms with E-state index >= 15 is 0 Å². The van der Waals surface area contributed by atoms with Crippen molar-refractivity contribution < 1.29 is 4.79 Å². The second-order valence-corrected chi connectivity index (χ2v) is 5.41. The summed E-state index contributed by atoms with van der Waals surface area (Å²) in [5.41, 5.74) is 6.94. The van der Waals surface area contributed by atoms with Crippen molar-refractivity contribution >= 4 is 5.91 Å². The third-order valence-electron chi connectivity index (χ3n) is 4.23. The second-order valence-electron chi connectivity index (χ2n) is 5.41. The number of nitrogens with one attached hydrogen (secondary N) is 1. The van der Waals surface area contributed by atoms with Crippen molar-refractivity contribution in [1.82, 2.24) is 5.32 Å². The van der Waals surface area contributed by atoms with Gasteiger partial charge in [0.1, 0.15) is 0 Å². The summed E-state index contributed by atoms with van der Waals surface area (Å²) in [6.45, 7) is 2.73. The number of nitrogens with two attached hydrogens (primary N) is 1. The van der Waals surface area contributed by atoms with E-state index in [1.54, 1.807) is 0 Å². The molecule has 0 saturated heterocycles. The highest BCUT2D eigenvalue weighted by Crippen LogP contribution is 2.31. The standard InChI is InChI=1S/C16H24N2O/c1-2-15(12-7-4-3-5-8-12)18-16(19)14-10-6-9-13(14)11-17/h3-5,7-8,13-15H,2,6,9-11,17H2,1H3,(H,18,19). The third-order valence-corrected chi connectivity index (χ3v) is 4.23. The van der Waals surface area contributed by atoms with Crippen LogP contribution in [0, 0.1) is 11.8 Å². The van der Waals surface area contributed by atoms with Crippen molar-refractivity contribution in [3.63, 3.8) is 0 Å². The zero-order valence-corrected chi connectivity index (χ0v) is 11.6. The lowest BCUT2D eigenvalue weighted by atomic mass is 9.94. The van der Waals surface area contributed by atoms with Crippen LogP contribution in [0.1, 0.15) is 44.2 Å². The Kier molecular flexibility index (Phi) is 4.97. The minimum atomic E-state index is 0.114. The van der Waals surface area contributed by atoms with Crippen molar-refractivity contribution in [3.05, 3.63) is 35.9 Å². The Hall–Kier alpha value is -1.35. The molecular weight excluding hydrogens is 236 g/mol. The van der Waals surface area contributed by atoms with Crippen molar-refractivity contribution in [2.45, 2.75) is 38.6 Å². The minimum absolute atomic E-state index is 0.114. The Morgan fingerprint density at radius 2 is 2.11 bits per heavy atom. The van der Waals surface area contributed by atoms with Crippen LogP contribution in [0.2, 0.25) is 0 Å². The van der Waals surface area contributed by atoms with Crippen LogP contribution >= 0.6 is 0 Å². The highest BCUT2D eigenvalue weighted by Gasteiger charge is 2.32. The molecule has 104 valence electrons. The lowest BCUT2D eigenvalue weighted by Gasteiger charge is -2.22. The maximum Gasteiger partial charge on any atom is 0.223 e. The zero-order valence-electron chi connectivity index (χ0n) is 11.6. The minimum Gasteiger partial charge on any atom is -0.349 e. The molecule has 1 aliphatic carbocycles. The molecule has 0 spiro atoms. The normalized spacial score (nSPS) is 24.1. The van der Waals surface area contributed by atoms with Crippen LogP contribution in [0.25, 0.3) is 0 Å². The van der Waals surface area contributed by atoms with E-state index in [2.05, 4.69) is 24.4 Å². The molecule has 2 rings (SSSR count). The molecule has 0 bridgehead atoms. The molecule has 19 heavy (non-hydrogen) atoms. The first kappa shape index (κ1) is 14.1. The predicted molar refractivity (Wildman–Crippen MR) is 77.5 cm³/mol. The summed E-state index contributed by atoms with van der Waals surface area (Å²) in [5.74, 6) is 0.666. The summed E-state index contributed by atoms with van der Waals surface area (Å²) >= 11 is 0. The summed E-state index contributed by atoms with van der Waals surface area (Å²) in [6.07, 6.45) is 4.12. The van der Waals surface area contributed by atoms with Crippen LogP contribution in [-0.4, -0.2) is 12.5 Å². The molecule has 1 aromatic rings. The van der Waals surface area contributed by atoms with Crippen LogP contribution in [-0.2, 0) is 4.79 Å². The molecule has 3 nitrogen and oxygen atoms in total. The van der Waals surface area contributed by atoms with Gasteiger partial charge in [-0.25, -0.2) is 0 Å². The summed E-state index contributed by atoms with van der Waals surface area (Å²) in [4.78, 5) is 12.4. The van der Waals surface area contributed by atoms with Gasteiger partial charge in [0.15, 0.2) is 0 Å². The molecule has 0 radical (unpaired) electrons. The lowest BCUT2D eigenvalue weighted by molar-refractivity contribution is -0.126. The smallest absolute Gasteiger partial charge is 0.223 e. The number of hydrogen-bond acceptors (Lipinski definition) is 2. The average Bonchev–Trinajstić information content (AvgIpc) is 2.94. The molecule has 1 fully saturated rings. The molecule has 0 heterocycles. The highest BCUT2D eigenvalue weighted by molar-refractivity contribution is 5.79. The number of amides is 1. The number of carbonyl (C=O) groups is 1. The van der Waals surface area contributed by atoms with Crippen molar-refractivity contribution in [1.29, 1.82) is 0 Å². The van der Waals surface area contributed by atoms with Gasteiger partial charge in [0, 0.05) is 5.92 Å². The molecule has 3 unspecified atom stereocenters. The van der Waals surface area contributed by atoms with Crippen LogP contribution < -0.4 is 11.1 Å². The molecule has 0 aliphatic heterocycles. The summed E-state index contributed by atoms with van der Waals surface area (Å²) in [5, 5.41) is 3.19. The van der Waals surface area contributed by atoms with E-state index in [1.807, 2.05) is 18.2 Å². The number of benzene rings is 1. The largest absolute Gasteiger partial charge is 0.349 e. The van der Waals surface area contributed by atoms with Crippen molar-refractivity contribution in [2.75, 3.05) is 6.54 Å². The molecule has 3 N–H and O–H groups in total. The fourth-order valence-corrected chi connectivity index (χ4v) is 3.05. The molecule has 3 atom stereocenters. The van der Waals surface area contributed by atoms with Crippen LogP contribution in [0.5, 0.6) is 0 Å². The predicted octanol–water partition coefficient (Wildman–Crippen LogP) is 2.63. The maximum atomic E-state index is 12.4. The van der Waals surface area contributed by atoms with Crippen LogP contribution in [0.4, 0.5) is 0 Å². The van der Waals surface area contributed by atoms with Gasteiger partial charge >= 0.3 is 0 Å². The topological polar surface area (TPSA) is 55.1 Å². The molecule has 1 saturated carbocycles. The number of rotatable bonds is 5. The van der Waals surface area contributed by atoms with Gasteiger partial charge in [-0.05, 0) is 37.3 Å². The van der Waals surface area contributed by atoms with Gasteiger partial charge in [0.2, 0.25) is 5.91 Å². The van der Waals surface area contributed by atoms with Crippen LogP contribution in [0.3, 0.4) is 0 Å². The summed E-state index contributed by atoms with van der Waals surface area (Å²) in [6, 6.07) is 10.3. The first-order chi connectivity index (χ1) is 9.26. The molecule has 1 aliphatic rings. The lowest BCUT2D eigenvalue weighted by Crippen LogP contribution is -2.37. The first-order valence-corrected chi connectivity index (χ1v) is 7.31. The van der Waals surface area contributed by atoms with Gasteiger partial charge < -0.3 is 11.1 Å². The molecule has 1 aromatic carbocycles. The zero-order chi connectivity index (χ0) is 13.7. The highest BCUT2D eigenvalue weighted by atomic mass is 16.2. The van der Waals surface area contributed by atoms with E-state index in [1.165, 1.54) is 5.56 Å². The number of hydrogen-bond donors (Lipinski definition) is 2. The molecule has 0 aromatic heterocycles. The van der Waals surface area contributed by atoms with E-state index in [-0.39, 0.29) is 17.9 Å². The Morgan fingerprint density at radius 3 is 2.74 bits per heavy atom. The van der Waals surface area contributed by atoms with E-state index in [4.69, 9.17) is 5.73 Å². The average molecular weight is 260 g/mol. The van der Waals surface area contributed by atoms with Gasteiger partial charge in [-0.3, -0.25) is 4.79 Å². The second kappa shape index (κ2) is 6.71. The van der Waals surface area contributed by atoms with Gasteiger partial charge in [0.05, 0.1) is 6.04 Å². The Bertz CT molecular complexity index is 404. The van der Waals surface area contributed by atoms with Gasteiger partial charge in [0.25, 0.3) is 0 Å². The van der Waals surface area contributed by atoms with E-state index in [0.29, 0.717) is 12.5 Å². The Labute approximate surface area is 115 Å². The SMILES string of the molecule is CCC(NC(=O)C1CCCC1CN)c1ccccc1. The van der Waals surface area contributed by atoms with E-state index < -0.39 is 0 Å². The molecule has 1 amide bonds. The van der Waals surface area contributed by atoms with Crippen LogP contribution in [0.15, 0.2) is 30.3 Å².